The van der Waals surface area contributed by atoms with Crippen LogP contribution < -0.4 is 5.32 Å². The van der Waals surface area contributed by atoms with Gasteiger partial charge < -0.3 is 15.0 Å². The van der Waals surface area contributed by atoms with Crippen molar-refractivity contribution in [2.75, 3.05) is 7.11 Å². The van der Waals surface area contributed by atoms with Crippen molar-refractivity contribution in [1.29, 1.82) is 0 Å². The fourth-order valence-electron chi connectivity index (χ4n) is 4.60. The Labute approximate surface area is 228 Å². The molecule has 0 fully saturated rings. The largest absolute Gasteiger partial charge is 0.469 e. The highest BCUT2D eigenvalue weighted by molar-refractivity contribution is 5.84. The zero-order valence-corrected chi connectivity index (χ0v) is 24.2. The summed E-state index contributed by atoms with van der Waals surface area (Å²) in [6, 6.07) is 7.10. The van der Waals surface area contributed by atoms with E-state index in [1.807, 2.05) is 62.4 Å². The number of nitrogens with one attached hydrogen (secondary N) is 1. The van der Waals surface area contributed by atoms with Gasteiger partial charge in [0.05, 0.1) is 19.6 Å². The number of carbonyl (C=O) groups is 2. The van der Waals surface area contributed by atoms with Gasteiger partial charge in [0.2, 0.25) is 5.91 Å². The summed E-state index contributed by atoms with van der Waals surface area (Å²) < 4.78 is 4.95. The van der Waals surface area contributed by atoms with E-state index in [4.69, 9.17) is 4.74 Å². The normalized spacial score (nSPS) is 14.3. The number of rotatable bonds is 9. The maximum absolute atomic E-state index is 13.7. The van der Waals surface area contributed by atoms with E-state index in [2.05, 4.69) is 56.7 Å². The van der Waals surface area contributed by atoms with Crippen LogP contribution in [0, 0.1) is 19.8 Å². The second-order valence-corrected chi connectivity index (χ2v) is 9.86. The standard InChI is InChI=1S/C30H37N3O3.C2H6/c1-19(2)13-27(33-12-11-20(3)14-23(33)6)30(35)32-26(16-28(34)36-7)24-15-25(18-31-17-24)29-21(4)9-8-10-22(29)5;1-2/h8-12,14-15,17-19,26-27H,6,13,16H2,1-5,7H3,(H,32,35);1-2H3/t26-,27?;/m1./s1. The number of esters is 1. The number of allylic oxidation sites excluding steroid dienone is 3. The summed E-state index contributed by atoms with van der Waals surface area (Å²) in [5, 5.41) is 3.12. The monoisotopic (exact) mass is 517 g/mol. The van der Waals surface area contributed by atoms with Gasteiger partial charge in [-0.1, -0.05) is 52.5 Å². The Morgan fingerprint density at radius 1 is 1.11 bits per heavy atom. The van der Waals surface area contributed by atoms with E-state index in [1.54, 1.807) is 6.20 Å². The first-order valence-corrected chi connectivity index (χ1v) is 13.3. The van der Waals surface area contributed by atoms with Crippen LogP contribution in [0.1, 0.15) is 70.2 Å². The van der Waals surface area contributed by atoms with Gasteiger partial charge in [-0.3, -0.25) is 14.6 Å². The van der Waals surface area contributed by atoms with Gasteiger partial charge in [-0.25, -0.2) is 0 Å². The molecule has 0 saturated carbocycles. The molecule has 0 spiro atoms. The minimum absolute atomic E-state index is 0.00429. The third-order valence-electron chi connectivity index (χ3n) is 6.40. The molecule has 0 bridgehead atoms. The minimum atomic E-state index is -0.587. The number of nitrogens with zero attached hydrogens (tertiary/aromatic N) is 2. The number of aryl methyl sites for hydroxylation is 2. The average Bonchev–Trinajstić information content (AvgIpc) is 2.88. The Balaban J connectivity index is 0.00000247. The van der Waals surface area contributed by atoms with Crippen molar-refractivity contribution >= 4 is 11.9 Å². The Hall–Kier alpha value is -3.67. The van der Waals surface area contributed by atoms with Crippen LogP contribution in [0.3, 0.4) is 0 Å². The first kappa shape index (κ1) is 30.6. The number of carbonyl (C=O) groups excluding carboxylic acids is 2. The molecule has 38 heavy (non-hydrogen) atoms. The molecule has 6 heteroatoms. The van der Waals surface area contributed by atoms with Gasteiger partial charge in [-0.2, -0.15) is 0 Å². The van der Waals surface area contributed by atoms with Crippen molar-refractivity contribution in [3.05, 3.63) is 89.6 Å². The molecule has 0 saturated heterocycles. The Kier molecular flexibility index (Phi) is 11.5. The number of hydrogen-bond donors (Lipinski definition) is 1. The lowest BCUT2D eigenvalue weighted by molar-refractivity contribution is -0.141. The molecule has 0 radical (unpaired) electrons. The molecule has 1 aromatic carbocycles. The number of methoxy groups -OCH3 is 1. The molecule has 1 N–H and O–H groups in total. The molecule has 3 rings (SSSR count). The van der Waals surface area contributed by atoms with Gasteiger partial charge in [-0.05, 0) is 79.2 Å². The van der Waals surface area contributed by atoms with Crippen molar-refractivity contribution in [3.63, 3.8) is 0 Å². The smallest absolute Gasteiger partial charge is 0.307 e. The fourth-order valence-corrected chi connectivity index (χ4v) is 4.60. The average molecular weight is 518 g/mol. The Morgan fingerprint density at radius 3 is 2.34 bits per heavy atom. The van der Waals surface area contributed by atoms with Crippen LogP contribution in [0.25, 0.3) is 11.1 Å². The van der Waals surface area contributed by atoms with Gasteiger partial charge in [0, 0.05) is 29.9 Å². The van der Waals surface area contributed by atoms with Gasteiger partial charge in [0.15, 0.2) is 0 Å². The molecule has 0 aliphatic carbocycles. The molecule has 1 aliphatic heterocycles. The summed E-state index contributed by atoms with van der Waals surface area (Å²) in [5.41, 5.74) is 6.91. The van der Waals surface area contributed by atoms with E-state index < -0.39 is 18.1 Å². The highest BCUT2D eigenvalue weighted by atomic mass is 16.5. The molecule has 2 heterocycles. The maximum atomic E-state index is 13.7. The van der Waals surface area contributed by atoms with Crippen molar-refractivity contribution in [2.45, 2.75) is 73.4 Å². The van der Waals surface area contributed by atoms with E-state index >= 15 is 0 Å². The molecule has 1 unspecified atom stereocenters. The molecule has 6 nitrogen and oxygen atoms in total. The molecule has 1 aromatic heterocycles. The van der Waals surface area contributed by atoms with E-state index in [0.717, 1.165) is 39.1 Å². The number of aromatic nitrogens is 1. The molecule has 2 atom stereocenters. The third kappa shape index (κ3) is 7.91. The number of amides is 1. The zero-order chi connectivity index (χ0) is 28.4. The second kappa shape index (κ2) is 14.3. The molecule has 1 amide bonds. The van der Waals surface area contributed by atoms with E-state index in [9.17, 15) is 9.59 Å². The number of benzene rings is 1. The third-order valence-corrected chi connectivity index (χ3v) is 6.40. The van der Waals surface area contributed by atoms with Gasteiger partial charge in [0.1, 0.15) is 6.04 Å². The minimum Gasteiger partial charge on any atom is -0.469 e. The predicted molar refractivity (Wildman–Crippen MR) is 155 cm³/mol. The highest BCUT2D eigenvalue weighted by Gasteiger charge is 2.30. The van der Waals surface area contributed by atoms with Crippen LogP contribution in [0.5, 0.6) is 0 Å². The summed E-state index contributed by atoms with van der Waals surface area (Å²) in [4.78, 5) is 32.4. The van der Waals surface area contributed by atoms with Gasteiger partial charge in [0.25, 0.3) is 0 Å². The lowest BCUT2D eigenvalue weighted by Gasteiger charge is -2.34. The predicted octanol–water partition coefficient (Wildman–Crippen LogP) is 6.82. The zero-order valence-electron chi connectivity index (χ0n) is 24.2. The van der Waals surface area contributed by atoms with E-state index in [-0.39, 0.29) is 18.2 Å². The van der Waals surface area contributed by atoms with Crippen molar-refractivity contribution < 1.29 is 14.3 Å². The quantitative estimate of drug-likeness (QED) is 0.370. The molecular weight excluding hydrogens is 474 g/mol. The van der Waals surface area contributed by atoms with Crippen molar-refractivity contribution in [1.82, 2.24) is 15.2 Å². The van der Waals surface area contributed by atoms with E-state index in [0.29, 0.717) is 6.42 Å². The van der Waals surface area contributed by atoms with Crippen LogP contribution >= 0.6 is 0 Å². The molecule has 2 aromatic rings. The summed E-state index contributed by atoms with van der Waals surface area (Å²) in [6.45, 7) is 18.4. The van der Waals surface area contributed by atoms with Crippen molar-refractivity contribution in [2.24, 2.45) is 5.92 Å². The Morgan fingerprint density at radius 2 is 1.76 bits per heavy atom. The number of ether oxygens (including phenoxy) is 1. The maximum Gasteiger partial charge on any atom is 0.307 e. The van der Waals surface area contributed by atoms with Crippen LogP contribution in [-0.2, 0) is 14.3 Å². The topological polar surface area (TPSA) is 71.5 Å². The number of hydrogen-bond acceptors (Lipinski definition) is 5. The summed E-state index contributed by atoms with van der Waals surface area (Å²) in [6.07, 6.45) is 9.99. The summed E-state index contributed by atoms with van der Waals surface area (Å²) in [7, 11) is 1.35. The van der Waals surface area contributed by atoms with Crippen LogP contribution in [0.15, 0.2) is 72.9 Å². The van der Waals surface area contributed by atoms with Crippen LogP contribution in [0.2, 0.25) is 0 Å². The molecule has 1 aliphatic rings. The van der Waals surface area contributed by atoms with E-state index in [1.165, 1.54) is 7.11 Å². The first-order chi connectivity index (χ1) is 18.1. The second-order valence-electron chi connectivity index (χ2n) is 9.86. The van der Waals surface area contributed by atoms with Gasteiger partial charge >= 0.3 is 5.97 Å². The summed E-state index contributed by atoms with van der Waals surface area (Å²) in [5.74, 6) is -0.296. The van der Waals surface area contributed by atoms with Crippen LogP contribution in [0.4, 0.5) is 0 Å². The summed E-state index contributed by atoms with van der Waals surface area (Å²) >= 11 is 0. The highest BCUT2D eigenvalue weighted by Crippen LogP contribution is 2.30. The van der Waals surface area contributed by atoms with Crippen LogP contribution in [-0.4, -0.2) is 34.9 Å². The Bertz CT molecular complexity index is 1180. The van der Waals surface area contributed by atoms with Crippen molar-refractivity contribution in [3.8, 4) is 11.1 Å². The molecular formula is C32H43N3O3. The van der Waals surface area contributed by atoms with Gasteiger partial charge in [-0.15, -0.1) is 0 Å². The lowest BCUT2D eigenvalue weighted by Crippen LogP contribution is -2.46. The number of pyridine rings is 1. The molecule has 204 valence electrons. The first-order valence-electron chi connectivity index (χ1n) is 13.3. The lowest BCUT2D eigenvalue weighted by atomic mass is 9.94. The SMILES string of the molecule is C=C1C=C(C)C=CN1C(CC(C)C)C(=O)N[C@H](CC(=O)OC)c1cncc(-c2c(C)cccc2C)c1.CC. The fraction of sp³-hybridized carbons (Fsp3) is 0.406.